The van der Waals surface area contributed by atoms with Crippen LogP contribution in [0.2, 0.25) is 0 Å². The Balaban J connectivity index is 2.19. The Kier molecular flexibility index (Phi) is 5.26. The highest BCUT2D eigenvalue weighted by molar-refractivity contribution is 7.24. The van der Waals surface area contributed by atoms with Gasteiger partial charge in [0.1, 0.15) is 0 Å². The van der Waals surface area contributed by atoms with Crippen molar-refractivity contribution in [2.45, 2.75) is 6.92 Å². The van der Waals surface area contributed by atoms with Crippen molar-refractivity contribution < 1.29 is 0 Å². The van der Waals surface area contributed by atoms with Gasteiger partial charge in [-0.05, 0) is 18.3 Å². The van der Waals surface area contributed by atoms with Crippen LogP contribution in [0, 0.1) is 6.04 Å². The quantitative estimate of drug-likeness (QED) is 0.359. The number of rotatable bonds is 2. The molecule has 0 N–H and O–H groups in total. The third-order valence-electron chi connectivity index (χ3n) is 0.577. The molecular formula is C2H11Si3. The highest BCUT2D eigenvalue weighted by Crippen LogP contribution is 1.58. The highest BCUT2D eigenvalue weighted by atomic mass is 29.5. The van der Waals surface area contributed by atoms with E-state index in [1.165, 1.54) is 0 Å². The van der Waals surface area contributed by atoms with Gasteiger partial charge in [0.05, 0.1) is 0 Å². The van der Waals surface area contributed by atoms with Gasteiger partial charge in [-0.2, -0.15) is 0 Å². The first kappa shape index (κ1) is 5.65. The summed E-state index contributed by atoms with van der Waals surface area (Å²) in [5, 5.41) is 0. The van der Waals surface area contributed by atoms with E-state index < -0.39 is 0 Å². The van der Waals surface area contributed by atoms with E-state index in [1.807, 2.05) is 0 Å². The molecule has 3 heteroatoms. The summed E-state index contributed by atoms with van der Waals surface area (Å²) in [6.07, 6.45) is 0. The van der Waals surface area contributed by atoms with E-state index in [-0.39, 0.29) is 0 Å². The van der Waals surface area contributed by atoms with Gasteiger partial charge in [0, 0.05) is 9.04 Å². The zero-order valence-electron chi connectivity index (χ0n) is 3.99. The average Bonchev–Trinajstić information content (AvgIpc) is 1.41. The summed E-state index contributed by atoms with van der Waals surface area (Å²) < 4.78 is 0. The Morgan fingerprint density at radius 1 is 1.80 bits per heavy atom. The Morgan fingerprint density at radius 3 is 2.40 bits per heavy atom. The maximum atomic E-state index is 2.42. The van der Waals surface area contributed by atoms with Crippen LogP contribution in [0.3, 0.4) is 0 Å². The number of hydrogen-bond donors (Lipinski definition) is 0. The first-order valence-corrected chi connectivity index (χ1v) is 12.7. The maximum Gasteiger partial charge on any atom is 0.00801 e. The fourth-order valence-electron chi connectivity index (χ4n) is 0.289. The van der Waals surface area contributed by atoms with Gasteiger partial charge in [-0.3, -0.25) is 0 Å². The van der Waals surface area contributed by atoms with Crippen molar-refractivity contribution in [1.29, 1.82) is 0 Å². The van der Waals surface area contributed by atoms with Crippen LogP contribution in [0.1, 0.15) is 6.92 Å². The van der Waals surface area contributed by atoms with E-state index in [9.17, 15) is 0 Å². The molecule has 0 rings (SSSR count). The lowest BCUT2D eigenvalue weighted by molar-refractivity contribution is 1.71. The van der Waals surface area contributed by atoms with Gasteiger partial charge in [0.15, 0.2) is 0 Å². The predicted octanol–water partition coefficient (Wildman–Crippen LogP) is -2.30. The molecule has 0 amide bonds. The van der Waals surface area contributed by atoms with Crippen molar-refractivity contribution in [2.75, 3.05) is 0 Å². The molecule has 0 aromatic carbocycles. The van der Waals surface area contributed by atoms with Gasteiger partial charge < -0.3 is 0 Å². The van der Waals surface area contributed by atoms with Gasteiger partial charge in [-0.1, -0.05) is 13.0 Å². The molecule has 0 aliphatic rings. The minimum atomic E-state index is 0.508. The van der Waals surface area contributed by atoms with Crippen molar-refractivity contribution >= 4 is 27.4 Å². The fourth-order valence-corrected chi connectivity index (χ4v) is 7.79. The van der Waals surface area contributed by atoms with Crippen molar-refractivity contribution in [3.63, 3.8) is 0 Å². The third-order valence-corrected chi connectivity index (χ3v) is 10.4. The number of hydrogen-bond acceptors (Lipinski definition) is 0. The van der Waals surface area contributed by atoms with Crippen LogP contribution >= 0.6 is 0 Å². The molecule has 0 heterocycles. The summed E-state index contributed by atoms with van der Waals surface area (Å²) in [6, 6.07) is 2.42. The van der Waals surface area contributed by atoms with Crippen molar-refractivity contribution in [2.24, 2.45) is 0 Å². The topological polar surface area (TPSA) is 0 Å². The van der Waals surface area contributed by atoms with Gasteiger partial charge in [0.2, 0.25) is 0 Å². The molecule has 5 heavy (non-hydrogen) atoms. The molecule has 0 aliphatic carbocycles. The molecule has 0 spiro atoms. The molecule has 0 unspecified atom stereocenters. The van der Waals surface area contributed by atoms with E-state index in [0.29, 0.717) is 17.6 Å². The molecule has 0 fully saturated rings. The maximum absolute atomic E-state index is 2.42. The van der Waals surface area contributed by atoms with Crippen LogP contribution in [-0.2, 0) is 0 Å². The molecule has 0 saturated carbocycles. The van der Waals surface area contributed by atoms with Gasteiger partial charge in [-0.15, -0.1) is 0 Å². The summed E-state index contributed by atoms with van der Waals surface area (Å²) in [4.78, 5) is 0. The van der Waals surface area contributed by atoms with Gasteiger partial charge >= 0.3 is 0 Å². The van der Waals surface area contributed by atoms with Crippen molar-refractivity contribution in [3.05, 3.63) is 6.04 Å². The first-order chi connectivity index (χ1) is 2.41. The Morgan fingerprint density at radius 2 is 2.40 bits per heavy atom. The smallest absolute Gasteiger partial charge is 0.00801 e. The summed E-state index contributed by atoms with van der Waals surface area (Å²) in [6.45, 7) is 2.21. The largest absolute Gasteiger partial charge is 0.0658 e. The van der Waals surface area contributed by atoms with Crippen LogP contribution < -0.4 is 0 Å². The monoisotopic (exact) mass is 119 g/mol. The third kappa shape index (κ3) is 4.65. The summed E-state index contributed by atoms with van der Waals surface area (Å²) in [5.41, 5.74) is 0. The molecular weight excluding hydrogens is 108 g/mol. The highest BCUT2D eigenvalue weighted by Gasteiger charge is 1.71. The molecule has 0 bridgehead atoms. The molecule has 0 aromatic rings. The molecule has 0 aromatic heterocycles. The standard InChI is InChI=1S/C2H11Si3/c1-2-4-5-3/h2H,4-5H2,1,3H3. The van der Waals surface area contributed by atoms with Crippen LogP contribution in [-0.4, -0.2) is 27.4 Å². The average molecular weight is 119 g/mol. The van der Waals surface area contributed by atoms with Crippen LogP contribution in [0.4, 0.5) is 0 Å². The van der Waals surface area contributed by atoms with Crippen molar-refractivity contribution in [1.82, 2.24) is 0 Å². The normalized spacial score (nSPS) is 13.8. The van der Waals surface area contributed by atoms with E-state index in [4.69, 9.17) is 0 Å². The predicted molar refractivity (Wildman–Crippen MR) is 37.0 cm³/mol. The lowest BCUT2D eigenvalue weighted by Crippen LogP contribution is -2.00. The van der Waals surface area contributed by atoms with Crippen LogP contribution in [0.5, 0.6) is 0 Å². The first-order valence-electron chi connectivity index (χ1n) is 2.19. The lowest BCUT2D eigenvalue weighted by atomic mass is 11.0. The fraction of sp³-hybridized carbons (Fsp3) is 0.500. The Hall–Kier alpha value is 0.651. The molecule has 0 saturated heterocycles. The Bertz CT molecular complexity index is 12.4. The summed E-state index contributed by atoms with van der Waals surface area (Å²) in [5.74, 6) is 0. The molecule has 0 aliphatic heterocycles. The van der Waals surface area contributed by atoms with E-state index >= 15 is 0 Å². The van der Waals surface area contributed by atoms with Crippen molar-refractivity contribution in [3.8, 4) is 0 Å². The van der Waals surface area contributed by atoms with E-state index in [1.54, 1.807) is 9.76 Å². The van der Waals surface area contributed by atoms with Gasteiger partial charge in [-0.25, -0.2) is 0 Å². The van der Waals surface area contributed by atoms with Crippen LogP contribution in [0.25, 0.3) is 0 Å². The summed E-state index contributed by atoms with van der Waals surface area (Å²) >= 11 is 0. The second-order valence-corrected chi connectivity index (χ2v) is 17.3. The minimum absolute atomic E-state index is 0.508. The minimum Gasteiger partial charge on any atom is -0.0658 e. The molecule has 0 atom stereocenters. The zero-order chi connectivity index (χ0) is 4.12. The van der Waals surface area contributed by atoms with E-state index in [2.05, 4.69) is 13.0 Å². The molecule has 0 nitrogen and oxygen atoms in total. The molecule has 1 radical (unpaired) electrons. The second kappa shape index (κ2) is 4.65. The summed E-state index contributed by atoms with van der Waals surface area (Å²) in [7, 11) is 2.71. The lowest BCUT2D eigenvalue weighted by Gasteiger charge is -1.75. The molecule has 31 valence electrons. The van der Waals surface area contributed by atoms with Gasteiger partial charge in [0.25, 0.3) is 0 Å². The SMILES string of the molecule is C[CH][SiH2][SiH2][SiH3]. The zero-order valence-corrected chi connectivity index (χ0v) is 8.82. The second-order valence-electron chi connectivity index (χ2n) is 1.20. The van der Waals surface area contributed by atoms with Crippen LogP contribution in [0.15, 0.2) is 0 Å². The van der Waals surface area contributed by atoms with E-state index in [0.717, 1.165) is 0 Å². The Labute approximate surface area is 41.0 Å².